The zero-order chi connectivity index (χ0) is 21.2. The van der Waals surface area contributed by atoms with Gasteiger partial charge in [-0.1, -0.05) is 18.2 Å². The molecule has 4 nitrogen and oxygen atoms in total. The molecule has 1 aromatic heterocycles. The van der Waals surface area contributed by atoms with E-state index in [1.165, 1.54) is 42.6 Å². The predicted octanol–water partition coefficient (Wildman–Crippen LogP) is 5.38. The maximum atomic E-state index is 14.7. The van der Waals surface area contributed by atoms with E-state index >= 15 is 0 Å². The molecule has 1 N–H and O–H groups in total. The quantitative estimate of drug-likeness (QED) is 0.579. The van der Waals surface area contributed by atoms with Gasteiger partial charge in [0.2, 0.25) is 0 Å². The van der Waals surface area contributed by atoms with Crippen molar-refractivity contribution in [2.24, 2.45) is 0 Å². The number of aryl methyl sites for hydroxylation is 1. The monoisotopic (exact) mass is 405 g/mol. The van der Waals surface area contributed by atoms with Crippen LogP contribution in [0.1, 0.15) is 27.2 Å². The maximum absolute atomic E-state index is 14.7. The van der Waals surface area contributed by atoms with E-state index in [0.717, 1.165) is 6.07 Å². The number of nitrogens with zero attached hydrogens (tertiary/aromatic N) is 1. The molecule has 0 unspecified atom stereocenters. The molecule has 0 saturated heterocycles. The van der Waals surface area contributed by atoms with Gasteiger partial charge in [0.05, 0.1) is 11.3 Å². The van der Waals surface area contributed by atoms with Crippen LogP contribution >= 0.6 is 0 Å². The van der Waals surface area contributed by atoms with E-state index in [0.29, 0.717) is 16.7 Å². The van der Waals surface area contributed by atoms with Crippen LogP contribution in [0.5, 0.6) is 5.75 Å². The highest BCUT2D eigenvalue weighted by Crippen LogP contribution is 2.31. The first-order valence-corrected chi connectivity index (χ1v) is 8.46. The highest BCUT2D eigenvalue weighted by atomic mass is 19.4. The normalized spacial score (nSPS) is 11.3. The van der Waals surface area contributed by atoms with Gasteiger partial charge in [-0.15, -0.1) is 13.2 Å². The number of pyridine rings is 1. The minimum atomic E-state index is -4.83. The first-order valence-electron chi connectivity index (χ1n) is 8.46. The Bertz CT molecular complexity index is 1060. The van der Waals surface area contributed by atoms with Crippen molar-refractivity contribution in [3.63, 3.8) is 0 Å². The lowest BCUT2D eigenvalue weighted by Crippen LogP contribution is -2.17. The van der Waals surface area contributed by atoms with Gasteiger partial charge in [-0.25, -0.2) is 9.18 Å². The van der Waals surface area contributed by atoms with Gasteiger partial charge >= 0.3 is 12.3 Å². The minimum Gasteiger partial charge on any atom is -0.478 e. The number of rotatable bonds is 5. The summed E-state index contributed by atoms with van der Waals surface area (Å²) in [4.78, 5) is 15.3. The zero-order valence-electron chi connectivity index (χ0n) is 15.1. The summed E-state index contributed by atoms with van der Waals surface area (Å²) in [5.74, 6) is -2.18. The fourth-order valence-corrected chi connectivity index (χ4v) is 3.00. The summed E-state index contributed by atoms with van der Waals surface area (Å²) < 4.78 is 55.9. The number of hydrogen-bond acceptors (Lipinski definition) is 3. The van der Waals surface area contributed by atoms with E-state index in [1.807, 2.05) is 0 Å². The van der Waals surface area contributed by atoms with Crippen molar-refractivity contribution < 1.29 is 32.2 Å². The number of ether oxygens (including phenoxy) is 1. The lowest BCUT2D eigenvalue weighted by atomic mass is 9.95. The Balaban J connectivity index is 1.95. The molecule has 0 aliphatic heterocycles. The maximum Gasteiger partial charge on any atom is 0.573 e. The number of alkyl halides is 3. The molecule has 0 aliphatic carbocycles. The SMILES string of the molecule is Cc1cc(Cc2ncccc2C(=O)O)c(F)cc1-c1cccc(OC(F)(F)F)c1. The standard InChI is InChI=1S/C21H15F4NO3/c1-12-8-14(10-19-16(20(27)28)6-3-7-26-19)18(22)11-17(12)13-4-2-5-15(9-13)29-21(23,24)25/h2-9,11H,10H2,1H3,(H,27,28). The number of aromatic carboxylic acids is 1. The predicted molar refractivity (Wildman–Crippen MR) is 97.3 cm³/mol. The number of benzene rings is 2. The summed E-state index contributed by atoms with van der Waals surface area (Å²) in [5, 5.41) is 9.24. The van der Waals surface area contributed by atoms with Crippen LogP contribution in [-0.2, 0) is 6.42 Å². The summed E-state index contributed by atoms with van der Waals surface area (Å²) >= 11 is 0. The molecule has 3 rings (SSSR count). The molecule has 0 bridgehead atoms. The van der Waals surface area contributed by atoms with Crippen molar-refractivity contribution in [1.29, 1.82) is 0 Å². The van der Waals surface area contributed by atoms with E-state index in [1.54, 1.807) is 13.0 Å². The van der Waals surface area contributed by atoms with E-state index in [4.69, 9.17) is 0 Å². The molecule has 8 heteroatoms. The van der Waals surface area contributed by atoms with Crippen molar-refractivity contribution in [2.75, 3.05) is 0 Å². The Labute approximate surface area is 163 Å². The minimum absolute atomic E-state index is 0.0226. The molecular weight excluding hydrogens is 390 g/mol. The molecule has 0 aliphatic rings. The van der Waals surface area contributed by atoms with Gasteiger partial charge in [0, 0.05) is 12.6 Å². The number of carbonyl (C=O) groups is 1. The van der Waals surface area contributed by atoms with Crippen LogP contribution in [0.3, 0.4) is 0 Å². The number of hydrogen-bond donors (Lipinski definition) is 1. The van der Waals surface area contributed by atoms with Crippen LogP contribution in [0.15, 0.2) is 54.7 Å². The first kappa shape index (κ1) is 20.3. The first-order chi connectivity index (χ1) is 13.6. The number of carboxylic acids is 1. The molecule has 150 valence electrons. The van der Waals surface area contributed by atoms with Crippen LogP contribution in [0.4, 0.5) is 17.6 Å². The van der Waals surface area contributed by atoms with Gasteiger partial charge in [-0.2, -0.15) is 0 Å². The largest absolute Gasteiger partial charge is 0.573 e. The van der Waals surface area contributed by atoms with Crippen molar-refractivity contribution in [1.82, 2.24) is 4.98 Å². The summed E-state index contributed by atoms with van der Waals surface area (Å²) in [6.45, 7) is 1.69. The summed E-state index contributed by atoms with van der Waals surface area (Å²) in [5.41, 5.74) is 1.79. The fourth-order valence-electron chi connectivity index (χ4n) is 3.00. The Hall–Kier alpha value is -3.42. The van der Waals surface area contributed by atoms with Crippen molar-refractivity contribution in [3.05, 3.63) is 82.9 Å². The molecule has 0 amide bonds. The van der Waals surface area contributed by atoms with Crippen LogP contribution in [-0.4, -0.2) is 22.4 Å². The highest BCUT2D eigenvalue weighted by molar-refractivity contribution is 5.88. The van der Waals surface area contributed by atoms with E-state index in [-0.39, 0.29) is 23.2 Å². The van der Waals surface area contributed by atoms with Crippen LogP contribution in [0, 0.1) is 12.7 Å². The second-order valence-corrected chi connectivity index (χ2v) is 6.31. The lowest BCUT2D eigenvalue weighted by molar-refractivity contribution is -0.274. The lowest BCUT2D eigenvalue weighted by Gasteiger charge is -2.13. The molecule has 2 aromatic carbocycles. The molecule has 29 heavy (non-hydrogen) atoms. The molecule has 0 saturated carbocycles. The highest BCUT2D eigenvalue weighted by Gasteiger charge is 2.31. The van der Waals surface area contributed by atoms with Crippen molar-refractivity contribution in [2.45, 2.75) is 19.7 Å². The molecule has 0 atom stereocenters. The Morgan fingerprint density at radius 2 is 1.90 bits per heavy atom. The van der Waals surface area contributed by atoms with Gasteiger partial charge in [-0.05, 0) is 59.5 Å². The molecule has 0 fully saturated rings. The summed E-state index contributed by atoms with van der Waals surface area (Å²) in [6, 6.07) is 10.9. The van der Waals surface area contributed by atoms with Gasteiger partial charge in [0.25, 0.3) is 0 Å². The van der Waals surface area contributed by atoms with E-state index < -0.39 is 23.9 Å². The third-order valence-corrected chi connectivity index (χ3v) is 4.25. The molecule has 0 spiro atoms. The molecule has 1 heterocycles. The average Bonchev–Trinajstić information content (AvgIpc) is 2.63. The van der Waals surface area contributed by atoms with Gasteiger partial charge in [-0.3, -0.25) is 4.98 Å². The third-order valence-electron chi connectivity index (χ3n) is 4.25. The fraction of sp³-hybridized carbons (Fsp3) is 0.143. The van der Waals surface area contributed by atoms with E-state index in [2.05, 4.69) is 9.72 Å². The average molecular weight is 405 g/mol. The van der Waals surface area contributed by atoms with Crippen LogP contribution in [0.2, 0.25) is 0 Å². The third kappa shape index (κ3) is 4.90. The second kappa shape index (κ2) is 7.90. The van der Waals surface area contributed by atoms with Gasteiger partial charge in [0.1, 0.15) is 11.6 Å². The number of aromatic nitrogens is 1. The van der Waals surface area contributed by atoms with Gasteiger partial charge in [0.15, 0.2) is 0 Å². The zero-order valence-corrected chi connectivity index (χ0v) is 15.1. The topological polar surface area (TPSA) is 59.4 Å². The molecular formula is C21H15F4NO3. The number of carboxylic acid groups (broad SMARTS) is 1. The number of halogens is 4. The van der Waals surface area contributed by atoms with Crippen molar-refractivity contribution >= 4 is 5.97 Å². The molecule has 0 radical (unpaired) electrons. The van der Waals surface area contributed by atoms with Crippen LogP contribution < -0.4 is 4.74 Å². The summed E-state index contributed by atoms with van der Waals surface area (Å²) in [7, 11) is 0. The molecule has 3 aromatic rings. The second-order valence-electron chi connectivity index (χ2n) is 6.31. The Morgan fingerprint density at radius 1 is 1.14 bits per heavy atom. The Morgan fingerprint density at radius 3 is 2.59 bits per heavy atom. The van der Waals surface area contributed by atoms with Gasteiger partial charge < -0.3 is 9.84 Å². The Kier molecular flexibility index (Phi) is 5.54. The van der Waals surface area contributed by atoms with Crippen molar-refractivity contribution in [3.8, 4) is 16.9 Å². The van der Waals surface area contributed by atoms with Crippen LogP contribution in [0.25, 0.3) is 11.1 Å². The smallest absolute Gasteiger partial charge is 0.478 e. The summed E-state index contributed by atoms with van der Waals surface area (Å²) in [6.07, 6.45) is -3.44. The van der Waals surface area contributed by atoms with E-state index in [9.17, 15) is 27.5 Å².